The Balaban J connectivity index is 1.86. The van der Waals surface area contributed by atoms with Crippen LogP contribution >= 0.6 is 11.6 Å². The molecule has 1 amide bonds. The molecule has 0 aliphatic carbocycles. The molecule has 0 N–H and O–H groups in total. The van der Waals surface area contributed by atoms with Crippen molar-refractivity contribution in [3.63, 3.8) is 0 Å². The summed E-state index contributed by atoms with van der Waals surface area (Å²) in [6.07, 6.45) is 0. The molecular formula is C16H14ClNO3. The second-order valence-electron chi connectivity index (χ2n) is 4.88. The highest BCUT2D eigenvalue weighted by molar-refractivity contribution is 6.29. The highest BCUT2D eigenvalue weighted by Gasteiger charge is 2.23. The monoisotopic (exact) mass is 303 g/mol. The van der Waals surface area contributed by atoms with Crippen LogP contribution in [-0.4, -0.2) is 17.9 Å². The first-order valence-electron chi connectivity index (χ1n) is 6.57. The number of hydrogen-bond acceptors (Lipinski definition) is 3. The summed E-state index contributed by atoms with van der Waals surface area (Å²) < 4.78 is 10.9. The van der Waals surface area contributed by atoms with Crippen LogP contribution in [0.3, 0.4) is 0 Å². The van der Waals surface area contributed by atoms with Crippen LogP contribution in [-0.2, 0) is 0 Å². The van der Waals surface area contributed by atoms with Crippen molar-refractivity contribution in [2.75, 3.05) is 7.05 Å². The second-order valence-corrected chi connectivity index (χ2v) is 5.25. The molecule has 3 aromatic rings. The summed E-state index contributed by atoms with van der Waals surface area (Å²) in [4.78, 5) is 13.9. The Labute approximate surface area is 126 Å². The van der Waals surface area contributed by atoms with Crippen molar-refractivity contribution in [3.8, 4) is 0 Å². The molecule has 108 valence electrons. The standard InChI is InChI=1S/C16H14ClNO3/c1-10(14-9-11-5-3-4-6-12(11)20-14)18(2)16(19)13-7-8-15(17)21-13/h3-10H,1-2H3/t10-/m1/s1. The topological polar surface area (TPSA) is 46.6 Å². The van der Waals surface area contributed by atoms with E-state index in [-0.39, 0.29) is 22.9 Å². The largest absolute Gasteiger partial charge is 0.459 e. The highest BCUT2D eigenvalue weighted by atomic mass is 35.5. The van der Waals surface area contributed by atoms with Crippen molar-refractivity contribution in [1.82, 2.24) is 4.90 Å². The molecule has 0 aliphatic heterocycles. The van der Waals surface area contributed by atoms with Crippen LogP contribution in [0.25, 0.3) is 11.0 Å². The predicted molar refractivity (Wildman–Crippen MR) is 80.4 cm³/mol. The summed E-state index contributed by atoms with van der Waals surface area (Å²) in [7, 11) is 1.70. The van der Waals surface area contributed by atoms with Gasteiger partial charge >= 0.3 is 0 Å². The molecule has 4 nitrogen and oxygen atoms in total. The molecule has 0 saturated carbocycles. The molecule has 3 rings (SSSR count). The van der Waals surface area contributed by atoms with Crippen LogP contribution in [0, 0.1) is 0 Å². The molecule has 2 heterocycles. The SMILES string of the molecule is C[C@H](c1cc2ccccc2o1)N(C)C(=O)c1ccc(Cl)o1. The molecule has 1 aromatic carbocycles. The normalized spacial score (nSPS) is 12.5. The number of benzene rings is 1. The number of furan rings is 2. The molecule has 0 bridgehead atoms. The lowest BCUT2D eigenvalue weighted by Crippen LogP contribution is -2.29. The van der Waals surface area contributed by atoms with Gasteiger partial charge in [-0.25, -0.2) is 0 Å². The minimum Gasteiger partial charge on any atom is -0.459 e. The summed E-state index contributed by atoms with van der Waals surface area (Å²) in [5.74, 6) is 0.699. The smallest absolute Gasteiger partial charge is 0.289 e. The van der Waals surface area contributed by atoms with Gasteiger partial charge in [-0.1, -0.05) is 18.2 Å². The van der Waals surface area contributed by atoms with Crippen LogP contribution in [0.1, 0.15) is 29.3 Å². The van der Waals surface area contributed by atoms with E-state index in [1.807, 2.05) is 37.3 Å². The maximum absolute atomic E-state index is 12.3. The van der Waals surface area contributed by atoms with Gasteiger partial charge in [-0.15, -0.1) is 0 Å². The van der Waals surface area contributed by atoms with Gasteiger partial charge in [0.1, 0.15) is 11.3 Å². The first-order valence-corrected chi connectivity index (χ1v) is 6.95. The fourth-order valence-corrected chi connectivity index (χ4v) is 2.32. The number of carbonyl (C=O) groups is 1. The number of halogens is 1. The lowest BCUT2D eigenvalue weighted by molar-refractivity contribution is 0.0695. The number of para-hydroxylation sites is 1. The minimum atomic E-state index is -0.241. The van der Waals surface area contributed by atoms with E-state index in [4.69, 9.17) is 20.4 Å². The Morgan fingerprint density at radius 1 is 1.19 bits per heavy atom. The zero-order chi connectivity index (χ0) is 15.0. The lowest BCUT2D eigenvalue weighted by Gasteiger charge is -2.22. The molecule has 5 heteroatoms. The van der Waals surface area contributed by atoms with E-state index in [1.165, 1.54) is 0 Å². The molecule has 21 heavy (non-hydrogen) atoms. The molecule has 0 spiro atoms. The molecule has 0 radical (unpaired) electrons. The average molecular weight is 304 g/mol. The highest BCUT2D eigenvalue weighted by Crippen LogP contribution is 2.28. The summed E-state index contributed by atoms with van der Waals surface area (Å²) in [6, 6.07) is 12.6. The van der Waals surface area contributed by atoms with E-state index < -0.39 is 0 Å². The third kappa shape index (κ3) is 2.54. The molecule has 0 fully saturated rings. The van der Waals surface area contributed by atoms with E-state index >= 15 is 0 Å². The molecule has 1 atom stereocenters. The number of fused-ring (bicyclic) bond motifs is 1. The molecular weight excluding hydrogens is 290 g/mol. The lowest BCUT2D eigenvalue weighted by atomic mass is 10.2. The van der Waals surface area contributed by atoms with Crippen LogP contribution in [0.5, 0.6) is 0 Å². The van der Waals surface area contributed by atoms with E-state index in [0.717, 1.165) is 16.7 Å². The van der Waals surface area contributed by atoms with Gasteiger partial charge in [0.05, 0.1) is 6.04 Å². The van der Waals surface area contributed by atoms with Gasteiger partial charge < -0.3 is 13.7 Å². The Morgan fingerprint density at radius 2 is 1.95 bits per heavy atom. The van der Waals surface area contributed by atoms with Crippen LogP contribution in [0.15, 0.2) is 51.3 Å². The van der Waals surface area contributed by atoms with Crippen molar-refractivity contribution in [2.45, 2.75) is 13.0 Å². The van der Waals surface area contributed by atoms with Gasteiger partial charge in [0.25, 0.3) is 5.91 Å². The van der Waals surface area contributed by atoms with E-state index in [1.54, 1.807) is 24.1 Å². The Morgan fingerprint density at radius 3 is 2.62 bits per heavy atom. The third-order valence-electron chi connectivity index (χ3n) is 3.54. The van der Waals surface area contributed by atoms with Gasteiger partial charge in [-0.2, -0.15) is 0 Å². The molecule has 0 saturated heterocycles. The Kier molecular flexibility index (Phi) is 3.47. The minimum absolute atomic E-state index is 0.197. The summed E-state index contributed by atoms with van der Waals surface area (Å²) in [5, 5.41) is 1.21. The van der Waals surface area contributed by atoms with Crippen molar-refractivity contribution in [2.24, 2.45) is 0 Å². The number of amides is 1. The Hall–Kier alpha value is -2.20. The number of rotatable bonds is 3. The van der Waals surface area contributed by atoms with E-state index in [0.29, 0.717) is 0 Å². The molecule has 2 aromatic heterocycles. The zero-order valence-corrected chi connectivity index (χ0v) is 12.4. The zero-order valence-electron chi connectivity index (χ0n) is 11.7. The first kappa shape index (κ1) is 13.8. The van der Waals surface area contributed by atoms with Crippen molar-refractivity contribution in [3.05, 3.63) is 59.2 Å². The number of carbonyl (C=O) groups excluding carboxylic acids is 1. The second kappa shape index (κ2) is 5.30. The van der Waals surface area contributed by atoms with E-state index in [2.05, 4.69) is 0 Å². The fourth-order valence-electron chi connectivity index (χ4n) is 2.18. The maximum atomic E-state index is 12.3. The van der Waals surface area contributed by atoms with Crippen molar-refractivity contribution in [1.29, 1.82) is 0 Å². The van der Waals surface area contributed by atoms with E-state index in [9.17, 15) is 4.79 Å². The first-order chi connectivity index (χ1) is 10.1. The quantitative estimate of drug-likeness (QED) is 0.715. The number of hydrogen-bond donors (Lipinski definition) is 0. The number of nitrogens with zero attached hydrogens (tertiary/aromatic N) is 1. The maximum Gasteiger partial charge on any atom is 0.289 e. The molecule has 0 unspecified atom stereocenters. The van der Waals surface area contributed by atoms with Crippen LogP contribution in [0.2, 0.25) is 5.22 Å². The van der Waals surface area contributed by atoms with Crippen molar-refractivity contribution >= 4 is 28.5 Å². The summed E-state index contributed by atoms with van der Waals surface area (Å²) in [6.45, 7) is 1.90. The Bertz CT molecular complexity index is 757. The van der Waals surface area contributed by atoms with Crippen LogP contribution < -0.4 is 0 Å². The van der Waals surface area contributed by atoms with Gasteiger partial charge in [-0.05, 0) is 42.8 Å². The van der Waals surface area contributed by atoms with Gasteiger partial charge in [0.2, 0.25) is 0 Å². The fraction of sp³-hybridized carbons (Fsp3) is 0.188. The van der Waals surface area contributed by atoms with Crippen molar-refractivity contribution < 1.29 is 13.6 Å². The summed E-state index contributed by atoms with van der Waals surface area (Å²) in [5.41, 5.74) is 0.807. The summed E-state index contributed by atoms with van der Waals surface area (Å²) >= 11 is 5.70. The van der Waals surface area contributed by atoms with Gasteiger partial charge in [0.15, 0.2) is 11.0 Å². The predicted octanol–water partition coefficient (Wildman–Crippen LogP) is 4.51. The van der Waals surface area contributed by atoms with Gasteiger partial charge in [-0.3, -0.25) is 4.79 Å². The molecule has 0 aliphatic rings. The third-order valence-corrected chi connectivity index (χ3v) is 3.74. The van der Waals surface area contributed by atoms with Gasteiger partial charge in [0, 0.05) is 12.4 Å². The average Bonchev–Trinajstić information content (AvgIpc) is 3.10. The van der Waals surface area contributed by atoms with Crippen LogP contribution in [0.4, 0.5) is 0 Å².